The molecular formula is C27H26ClF4N7O. The number of nitrogens with one attached hydrogen (secondary N) is 1. The molecule has 1 aliphatic heterocycles. The van der Waals surface area contributed by atoms with E-state index in [1.165, 1.54) is 4.57 Å². The summed E-state index contributed by atoms with van der Waals surface area (Å²) in [4.78, 5) is 28.7. The highest BCUT2D eigenvalue weighted by molar-refractivity contribution is 6.31. The molecule has 0 spiro atoms. The topological polar surface area (TPSA) is 102 Å². The van der Waals surface area contributed by atoms with Crippen molar-refractivity contribution in [2.24, 2.45) is 0 Å². The Morgan fingerprint density at radius 3 is 2.55 bits per heavy atom. The Labute approximate surface area is 231 Å². The minimum atomic E-state index is -1.70. The highest BCUT2D eigenvalue weighted by atomic mass is 35.5. The zero-order valence-corrected chi connectivity index (χ0v) is 22.9. The van der Waals surface area contributed by atoms with Crippen LogP contribution in [0.1, 0.15) is 37.9 Å². The minimum Gasteiger partial charge on any atom is -0.396 e. The van der Waals surface area contributed by atoms with Crippen LogP contribution in [0.3, 0.4) is 0 Å². The average molecular weight is 576 g/mol. The van der Waals surface area contributed by atoms with Gasteiger partial charge in [0.05, 0.1) is 28.0 Å². The fraction of sp³-hybridized carbons (Fsp3) is 0.333. The maximum absolute atomic E-state index is 15.8. The third kappa shape index (κ3) is 4.44. The van der Waals surface area contributed by atoms with Gasteiger partial charge in [-0.25, -0.2) is 31.9 Å². The molecule has 1 fully saturated rings. The number of piperazine rings is 1. The molecule has 0 aliphatic carbocycles. The number of nitrogen functional groups attached to an aromatic ring is 1. The molecule has 1 atom stereocenters. The standard InChI is InChI=1S/C27H26ClF4N7O/c1-11(2)22-24(12(3)5-6-35-22)39-26-14(25(37-27(39)40)38-8-7-34-13(4)10-38)9-15(29)23(36-26)16-18(30)17(28)19(31)20(32)21(16)33/h5-6,9,11,13,34H,7-8,10,33H2,1-4H3/t13-/m1/s1. The summed E-state index contributed by atoms with van der Waals surface area (Å²) in [5.41, 5.74) is 3.85. The van der Waals surface area contributed by atoms with Crippen molar-refractivity contribution in [3.63, 3.8) is 0 Å². The first-order valence-electron chi connectivity index (χ1n) is 12.6. The Morgan fingerprint density at radius 2 is 1.88 bits per heavy atom. The van der Waals surface area contributed by atoms with Crippen LogP contribution in [0.2, 0.25) is 5.02 Å². The van der Waals surface area contributed by atoms with Crippen molar-refractivity contribution in [1.82, 2.24) is 24.8 Å². The fourth-order valence-electron chi connectivity index (χ4n) is 5.01. The Morgan fingerprint density at radius 1 is 1.15 bits per heavy atom. The summed E-state index contributed by atoms with van der Waals surface area (Å²) >= 11 is 5.67. The fourth-order valence-corrected chi connectivity index (χ4v) is 5.19. The van der Waals surface area contributed by atoms with E-state index in [2.05, 4.69) is 20.3 Å². The van der Waals surface area contributed by atoms with E-state index in [1.54, 1.807) is 19.2 Å². The monoisotopic (exact) mass is 575 g/mol. The molecule has 8 nitrogen and oxygen atoms in total. The van der Waals surface area contributed by atoms with Gasteiger partial charge in [-0.05, 0) is 37.5 Å². The maximum Gasteiger partial charge on any atom is 0.355 e. The summed E-state index contributed by atoms with van der Waals surface area (Å²) in [7, 11) is 0. The molecule has 3 aromatic heterocycles. The second-order valence-corrected chi connectivity index (χ2v) is 10.5. The number of benzene rings is 1. The highest BCUT2D eigenvalue weighted by Crippen LogP contribution is 2.39. The molecule has 0 saturated carbocycles. The third-order valence-electron chi connectivity index (χ3n) is 6.93. The molecule has 210 valence electrons. The molecule has 13 heteroatoms. The van der Waals surface area contributed by atoms with Crippen molar-refractivity contribution >= 4 is 34.1 Å². The van der Waals surface area contributed by atoms with Crippen LogP contribution in [-0.4, -0.2) is 45.2 Å². The van der Waals surface area contributed by atoms with Gasteiger partial charge < -0.3 is 16.0 Å². The molecule has 4 aromatic rings. The van der Waals surface area contributed by atoms with Gasteiger partial charge in [-0.15, -0.1) is 0 Å². The summed E-state index contributed by atoms with van der Waals surface area (Å²) < 4.78 is 60.7. The van der Waals surface area contributed by atoms with Crippen LogP contribution in [-0.2, 0) is 0 Å². The first kappa shape index (κ1) is 27.8. The molecule has 1 aromatic carbocycles. The first-order chi connectivity index (χ1) is 18.9. The second-order valence-electron chi connectivity index (χ2n) is 10.1. The van der Waals surface area contributed by atoms with Crippen molar-refractivity contribution in [1.29, 1.82) is 0 Å². The van der Waals surface area contributed by atoms with Crippen LogP contribution in [0.15, 0.2) is 23.1 Å². The quantitative estimate of drug-likeness (QED) is 0.155. The summed E-state index contributed by atoms with van der Waals surface area (Å²) in [6.45, 7) is 9.04. The Kier molecular flexibility index (Phi) is 7.17. The van der Waals surface area contributed by atoms with Gasteiger partial charge in [-0.1, -0.05) is 25.4 Å². The Hall–Kier alpha value is -3.77. The summed E-state index contributed by atoms with van der Waals surface area (Å²) in [5.74, 6) is -5.87. The van der Waals surface area contributed by atoms with Gasteiger partial charge in [-0.2, -0.15) is 4.98 Å². The third-order valence-corrected chi connectivity index (χ3v) is 7.27. The lowest BCUT2D eigenvalue weighted by molar-refractivity contribution is 0.482. The molecule has 0 bridgehead atoms. The van der Waals surface area contributed by atoms with Crippen molar-refractivity contribution in [3.05, 3.63) is 68.4 Å². The number of rotatable bonds is 4. The van der Waals surface area contributed by atoms with E-state index in [1.807, 2.05) is 25.7 Å². The Bertz CT molecular complexity index is 1700. The lowest BCUT2D eigenvalue weighted by Crippen LogP contribution is -2.50. The van der Waals surface area contributed by atoms with Crippen LogP contribution in [0.4, 0.5) is 29.1 Å². The molecule has 4 heterocycles. The highest BCUT2D eigenvalue weighted by Gasteiger charge is 2.30. The SMILES string of the molecule is Cc1ccnc(C(C)C)c1-n1c(=O)nc(N2CCN[C@H](C)C2)c2cc(F)c(-c3c(N)c(F)c(F)c(Cl)c3F)nc21. The average Bonchev–Trinajstić information content (AvgIpc) is 2.91. The van der Waals surface area contributed by atoms with Gasteiger partial charge in [-0.3, -0.25) is 4.98 Å². The van der Waals surface area contributed by atoms with Crippen LogP contribution >= 0.6 is 11.6 Å². The number of aromatic nitrogens is 4. The second kappa shape index (κ2) is 10.3. The van der Waals surface area contributed by atoms with Crippen LogP contribution in [0.25, 0.3) is 28.0 Å². The number of hydrogen-bond donors (Lipinski definition) is 2. The summed E-state index contributed by atoms with van der Waals surface area (Å²) in [6, 6.07) is 2.79. The number of nitrogens with zero attached hydrogens (tertiary/aromatic N) is 5. The van der Waals surface area contributed by atoms with Crippen LogP contribution in [0.5, 0.6) is 0 Å². The predicted octanol–water partition coefficient (Wildman–Crippen LogP) is 4.86. The molecule has 0 amide bonds. The largest absolute Gasteiger partial charge is 0.396 e. The number of nitrogens with two attached hydrogens (primary N) is 1. The summed E-state index contributed by atoms with van der Waals surface area (Å²) in [6.07, 6.45) is 1.60. The Balaban J connectivity index is 1.93. The molecule has 1 aliphatic rings. The molecule has 1 saturated heterocycles. The van der Waals surface area contributed by atoms with Gasteiger partial charge >= 0.3 is 5.69 Å². The molecule has 3 N–H and O–H groups in total. The minimum absolute atomic E-state index is 0.0523. The van der Waals surface area contributed by atoms with Crippen molar-refractivity contribution in [2.45, 2.75) is 39.7 Å². The number of anilines is 2. The summed E-state index contributed by atoms with van der Waals surface area (Å²) in [5, 5.41) is 2.25. The van der Waals surface area contributed by atoms with Crippen molar-refractivity contribution < 1.29 is 17.6 Å². The van der Waals surface area contributed by atoms with Gasteiger partial charge in [0.2, 0.25) is 0 Å². The maximum atomic E-state index is 15.8. The van der Waals surface area contributed by atoms with E-state index in [0.717, 1.165) is 6.07 Å². The van der Waals surface area contributed by atoms with E-state index in [4.69, 9.17) is 17.3 Å². The zero-order valence-electron chi connectivity index (χ0n) is 22.1. The van der Waals surface area contributed by atoms with Crippen molar-refractivity contribution in [2.75, 3.05) is 30.3 Å². The predicted molar refractivity (Wildman–Crippen MR) is 146 cm³/mol. The number of hydrogen-bond acceptors (Lipinski definition) is 7. The molecular weight excluding hydrogens is 550 g/mol. The van der Waals surface area contributed by atoms with Crippen LogP contribution in [0, 0.1) is 30.2 Å². The smallest absolute Gasteiger partial charge is 0.355 e. The van der Waals surface area contributed by atoms with E-state index >= 15 is 8.78 Å². The van der Waals surface area contributed by atoms with E-state index in [-0.39, 0.29) is 28.8 Å². The van der Waals surface area contributed by atoms with E-state index < -0.39 is 50.9 Å². The zero-order chi connectivity index (χ0) is 29.0. The molecule has 0 unspecified atom stereocenters. The van der Waals surface area contributed by atoms with Crippen LogP contribution < -0.4 is 21.6 Å². The first-order valence-corrected chi connectivity index (χ1v) is 13.0. The van der Waals surface area contributed by atoms with Gasteiger partial charge in [0.15, 0.2) is 28.9 Å². The number of pyridine rings is 2. The van der Waals surface area contributed by atoms with E-state index in [0.29, 0.717) is 36.6 Å². The molecule has 0 radical (unpaired) electrons. The van der Waals surface area contributed by atoms with Gasteiger partial charge in [0, 0.05) is 31.9 Å². The number of fused-ring (bicyclic) bond motifs is 1. The van der Waals surface area contributed by atoms with Gasteiger partial charge in [0.25, 0.3) is 0 Å². The lowest BCUT2D eigenvalue weighted by Gasteiger charge is -2.33. The normalized spacial score (nSPS) is 15.8. The number of halogens is 5. The van der Waals surface area contributed by atoms with E-state index in [9.17, 15) is 13.6 Å². The molecule has 5 rings (SSSR count). The van der Waals surface area contributed by atoms with Gasteiger partial charge in [0.1, 0.15) is 16.5 Å². The van der Waals surface area contributed by atoms with Crippen molar-refractivity contribution in [3.8, 4) is 16.9 Å². The molecule has 40 heavy (non-hydrogen) atoms. The lowest BCUT2D eigenvalue weighted by atomic mass is 10.0. The number of aryl methyl sites for hydroxylation is 1.